The molecule has 1 aromatic carbocycles. The number of nitrogens with one attached hydrogen (secondary N) is 1. The summed E-state index contributed by atoms with van der Waals surface area (Å²) in [5.74, 6) is 0. The molecule has 1 atom stereocenters. The maximum Gasteiger partial charge on any atom is 0.416 e. The molecule has 21 heavy (non-hydrogen) atoms. The number of benzene rings is 1. The molecule has 0 aliphatic rings. The van der Waals surface area contributed by atoms with E-state index in [0.29, 0.717) is 4.34 Å². The molecule has 0 fully saturated rings. The molecular formula is C15H15ClF3NS. The average Bonchev–Trinajstić information content (AvgIpc) is 2.85. The summed E-state index contributed by atoms with van der Waals surface area (Å²) >= 11 is 7.38. The normalized spacial score (nSPS) is 13.4. The van der Waals surface area contributed by atoms with Crippen LogP contribution in [-0.2, 0) is 6.18 Å². The van der Waals surface area contributed by atoms with Gasteiger partial charge in [0, 0.05) is 4.88 Å². The molecule has 0 aliphatic carbocycles. The Labute approximate surface area is 130 Å². The summed E-state index contributed by atoms with van der Waals surface area (Å²) in [6.45, 7) is 2.82. The zero-order valence-electron chi connectivity index (χ0n) is 11.4. The molecule has 1 heterocycles. The smallest absolute Gasteiger partial charge is 0.306 e. The van der Waals surface area contributed by atoms with Crippen molar-refractivity contribution in [3.63, 3.8) is 0 Å². The molecule has 2 rings (SSSR count). The highest BCUT2D eigenvalue weighted by molar-refractivity contribution is 7.16. The molecule has 1 nitrogen and oxygen atoms in total. The predicted octanol–water partition coefficient (Wildman–Crippen LogP) is 5.51. The number of thiophene rings is 1. The van der Waals surface area contributed by atoms with Gasteiger partial charge >= 0.3 is 6.18 Å². The number of rotatable bonds is 5. The minimum Gasteiger partial charge on any atom is -0.306 e. The van der Waals surface area contributed by atoms with E-state index >= 15 is 0 Å². The molecule has 2 aromatic rings. The van der Waals surface area contributed by atoms with Gasteiger partial charge in [0.1, 0.15) is 0 Å². The van der Waals surface area contributed by atoms with Gasteiger partial charge in [-0.15, -0.1) is 11.3 Å². The van der Waals surface area contributed by atoms with Crippen LogP contribution in [0.25, 0.3) is 0 Å². The van der Waals surface area contributed by atoms with Crippen LogP contribution < -0.4 is 5.32 Å². The lowest BCUT2D eigenvalue weighted by Gasteiger charge is -2.18. The topological polar surface area (TPSA) is 12.0 Å². The summed E-state index contributed by atoms with van der Waals surface area (Å²) < 4.78 is 38.5. The first-order valence-electron chi connectivity index (χ1n) is 6.57. The molecule has 1 unspecified atom stereocenters. The van der Waals surface area contributed by atoms with Gasteiger partial charge in [-0.1, -0.05) is 30.7 Å². The number of halogens is 4. The zero-order valence-corrected chi connectivity index (χ0v) is 12.9. The third kappa shape index (κ3) is 4.22. The van der Waals surface area contributed by atoms with Crippen LogP contribution in [0.2, 0.25) is 4.34 Å². The minimum atomic E-state index is -4.31. The van der Waals surface area contributed by atoms with Crippen molar-refractivity contribution in [2.75, 3.05) is 6.54 Å². The largest absolute Gasteiger partial charge is 0.416 e. The molecule has 0 radical (unpaired) electrons. The summed E-state index contributed by atoms with van der Waals surface area (Å²) in [4.78, 5) is 0.994. The first kappa shape index (κ1) is 16.3. The van der Waals surface area contributed by atoms with Crippen molar-refractivity contribution < 1.29 is 13.2 Å². The standard InChI is InChI=1S/C15H15ClF3NS/c1-2-9-20-14(12-7-8-13(16)21-12)10-3-5-11(6-4-10)15(17,18)19/h3-8,14,20H,2,9H2,1H3. The summed E-state index contributed by atoms with van der Waals surface area (Å²) in [6, 6.07) is 8.83. The van der Waals surface area contributed by atoms with Crippen LogP contribution in [0.4, 0.5) is 13.2 Å². The lowest BCUT2D eigenvalue weighted by molar-refractivity contribution is -0.137. The molecule has 0 bridgehead atoms. The van der Waals surface area contributed by atoms with Crippen LogP contribution in [0.1, 0.15) is 35.4 Å². The van der Waals surface area contributed by atoms with Gasteiger partial charge in [-0.05, 0) is 42.8 Å². The zero-order chi connectivity index (χ0) is 15.5. The van der Waals surface area contributed by atoms with Crippen LogP contribution >= 0.6 is 22.9 Å². The molecule has 0 saturated heterocycles. The summed E-state index contributed by atoms with van der Waals surface area (Å²) in [5, 5.41) is 3.34. The molecule has 0 aliphatic heterocycles. The van der Waals surface area contributed by atoms with Crippen LogP contribution in [0, 0.1) is 0 Å². The van der Waals surface area contributed by atoms with Crippen molar-refractivity contribution in [2.24, 2.45) is 0 Å². The SMILES string of the molecule is CCCNC(c1ccc(C(F)(F)F)cc1)c1ccc(Cl)s1. The number of hydrogen-bond acceptors (Lipinski definition) is 2. The third-order valence-electron chi connectivity index (χ3n) is 3.05. The molecule has 1 N–H and O–H groups in total. The van der Waals surface area contributed by atoms with E-state index in [4.69, 9.17) is 11.6 Å². The van der Waals surface area contributed by atoms with Gasteiger partial charge in [-0.2, -0.15) is 13.2 Å². The molecule has 0 saturated carbocycles. The number of hydrogen-bond donors (Lipinski definition) is 1. The van der Waals surface area contributed by atoms with E-state index in [0.717, 1.165) is 35.5 Å². The molecule has 1 aromatic heterocycles. The fraction of sp³-hybridized carbons (Fsp3) is 0.333. The monoisotopic (exact) mass is 333 g/mol. The Bertz CT molecular complexity index is 577. The van der Waals surface area contributed by atoms with Crippen molar-refractivity contribution in [1.82, 2.24) is 5.32 Å². The lowest BCUT2D eigenvalue weighted by Crippen LogP contribution is -2.22. The van der Waals surface area contributed by atoms with Gasteiger partial charge in [0.05, 0.1) is 15.9 Å². The van der Waals surface area contributed by atoms with E-state index in [1.54, 1.807) is 6.07 Å². The summed E-state index contributed by atoms with van der Waals surface area (Å²) in [7, 11) is 0. The van der Waals surface area contributed by atoms with Crippen molar-refractivity contribution in [3.05, 3.63) is 56.7 Å². The Morgan fingerprint density at radius 2 is 1.81 bits per heavy atom. The Hall–Kier alpha value is -1.04. The fourth-order valence-corrected chi connectivity index (χ4v) is 3.18. The van der Waals surface area contributed by atoms with Gasteiger partial charge in [0.2, 0.25) is 0 Å². The quantitative estimate of drug-likeness (QED) is 0.760. The molecule has 0 spiro atoms. The maximum atomic E-state index is 12.6. The van der Waals surface area contributed by atoms with Gasteiger partial charge < -0.3 is 5.32 Å². The second kappa shape index (κ2) is 6.81. The van der Waals surface area contributed by atoms with Crippen molar-refractivity contribution in [3.8, 4) is 0 Å². The van der Waals surface area contributed by atoms with Crippen LogP contribution in [0.15, 0.2) is 36.4 Å². The van der Waals surface area contributed by atoms with Crippen LogP contribution in [-0.4, -0.2) is 6.54 Å². The summed E-state index contributed by atoms with van der Waals surface area (Å²) in [5.41, 5.74) is 0.166. The Balaban J connectivity index is 2.28. The third-order valence-corrected chi connectivity index (χ3v) is 4.34. The highest BCUT2D eigenvalue weighted by Crippen LogP contribution is 2.33. The Kier molecular flexibility index (Phi) is 5.30. The van der Waals surface area contributed by atoms with Gasteiger partial charge in [0.15, 0.2) is 0 Å². The van der Waals surface area contributed by atoms with E-state index in [1.165, 1.54) is 23.5 Å². The van der Waals surface area contributed by atoms with Crippen LogP contribution in [0.5, 0.6) is 0 Å². The second-order valence-corrected chi connectivity index (χ2v) is 6.40. The molecule has 6 heteroatoms. The first-order valence-corrected chi connectivity index (χ1v) is 7.77. The Morgan fingerprint density at radius 3 is 2.29 bits per heavy atom. The van der Waals surface area contributed by atoms with Gasteiger partial charge in [-0.25, -0.2) is 0 Å². The van der Waals surface area contributed by atoms with Crippen molar-refractivity contribution in [2.45, 2.75) is 25.6 Å². The second-order valence-electron chi connectivity index (χ2n) is 4.65. The highest BCUT2D eigenvalue weighted by Gasteiger charge is 2.30. The number of alkyl halides is 3. The molecule has 114 valence electrons. The van der Waals surface area contributed by atoms with E-state index in [2.05, 4.69) is 5.32 Å². The van der Waals surface area contributed by atoms with Gasteiger partial charge in [0.25, 0.3) is 0 Å². The predicted molar refractivity (Wildman–Crippen MR) is 80.9 cm³/mol. The van der Waals surface area contributed by atoms with Crippen LogP contribution in [0.3, 0.4) is 0 Å². The molecule has 0 amide bonds. The minimum absolute atomic E-state index is 0.135. The average molecular weight is 334 g/mol. The lowest BCUT2D eigenvalue weighted by atomic mass is 10.0. The van der Waals surface area contributed by atoms with Crippen molar-refractivity contribution >= 4 is 22.9 Å². The van der Waals surface area contributed by atoms with E-state index < -0.39 is 11.7 Å². The van der Waals surface area contributed by atoms with Crippen molar-refractivity contribution in [1.29, 1.82) is 0 Å². The summed E-state index contributed by atoms with van der Waals surface area (Å²) in [6.07, 6.45) is -3.37. The first-order chi connectivity index (χ1) is 9.91. The van der Waals surface area contributed by atoms with Gasteiger partial charge in [-0.3, -0.25) is 0 Å². The van der Waals surface area contributed by atoms with E-state index in [1.807, 2.05) is 13.0 Å². The highest BCUT2D eigenvalue weighted by atomic mass is 35.5. The maximum absolute atomic E-state index is 12.6. The van der Waals surface area contributed by atoms with E-state index in [9.17, 15) is 13.2 Å². The fourth-order valence-electron chi connectivity index (χ4n) is 2.02. The molecular weight excluding hydrogens is 319 g/mol. The van der Waals surface area contributed by atoms with E-state index in [-0.39, 0.29) is 6.04 Å². The Morgan fingerprint density at radius 1 is 1.14 bits per heavy atom.